The molecule has 106 valence electrons. The zero-order valence-electron chi connectivity index (χ0n) is 11.6. The van der Waals surface area contributed by atoms with E-state index in [1.165, 1.54) is 4.90 Å². The van der Waals surface area contributed by atoms with Crippen LogP contribution < -0.4 is 5.73 Å². The molecule has 1 heterocycles. The Labute approximate surface area is 123 Å². The minimum absolute atomic E-state index is 0.0375. The summed E-state index contributed by atoms with van der Waals surface area (Å²) in [7, 11) is 0. The first-order chi connectivity index (χ1) is 9.65. The molecule has 1 aromatic rings. The number of likely N-dealkylation sites (tertiary alicyclic amines) is 1. The van der Waals surface area contributed by atoms with Crippen molar-refractivity contribution in [3.05, 3.63) is 29.8 Å². The molecule has 1 aliphatic heterocycles. The lowest BCUT2D eigenvalue weighted by molar-refractivity contribution is -0.123. The smallest absolute Gasteiger partial charge is 0.220 e. The van der Waals surface area contributed by atoms with Gasteiger partial charge in [0.2, 0.25) is 5.91 Å². The van der Waals surface area contributed by atoms with Gasteiger partial charge in [0.1, 0.15) is 6.04 Å². The van der Waals surface area contributed by atoms with E-state index in [9.17, 15) is 10.1 Å². The van der Waals surface area contributed by atoms with E-state index in [4.69, 9.17) is 5.73 Å². The highest BCUT2D eigenvalue weighted by Gasteiger charge is 2.28. The van der Waals surface area contributed by atoms with Crippen LogP contribution in [0.5, 0.6) is 0 Å². The van der Waals surface area contributed by atoms with E-state index < -0.39 is 0 Å². The Balaban J connectivity index is 2.05. The summed E-state index contributed by atoms with van der Waals surface area (Å²) in [5.41, 5.74) is 6.36. The molecule has 1 aromatic carbocycles. The van der Waals surface area contributed by atoms with Crippen LogP contribution in [-0.4, -0.2) is 30.2 Å². The molecule has 1 saturated heterocycles. The fourth-order valence-corrected chi connectivity index (χ4v) is 3.00. The summed E-state index contributed by atoms with van der Waals surface area (Å²) in [6.07, 6.45) is 3.53. The zero-order chi connectivity index (χ0) is 14.5. The van der Waals surface area contributed by atoms with Gasteiger partial charge in [0.25, 0.3) is 0 Å². The van der Waals surface area contributed by atoms with Crippen molar-refractivity contribution in [1.82, 2.24) is 4.90 Å². The van der Waals surface area contributed by atoms with Gasteiger partial charge < -0.3 is 5.73 Å². The second-order valence-electron chi connectivity index (χ2n) is 5.02. The van der Waals surface area contributed by atoms with Crippen LogP contribution in [0.2, 0.25) is 0 Å². The molecule has 20 heavy (non-hydrogen) atoms. The molecule has 1 aliphatic rings. The van der Waals surface area contributed by atoms with E-state index in [1.807, 2.05) is 30.5 Å². The van der Waals surface area contributed by atoms with Crippen molar-refractivity contribution in [2.45, 2.75) is 23.8 Å². The molecule has 0 radical (unpaired) electrons. The highest BCUT2D eigenvalue weighted by molar-refractivity contribution is 7.98. The molecule has 0 spiro atoms. The molecule has 1 fully saturated rings. The Morgan fingerprint density at radius 3 is 2.45 bits per heavy atom. The summed E-state index contributed by atoms with van der Waals surface area (Å²) in [5.74, 6) is -0.257. The maximum atomic E-state index is 11.2. The number of benzene rings is 1. The number of hydrogen-bond donors (Lipinski definition) is 1. The minimum Gasteiger partial charge on any atom is -0.369 e. The number of rotatable bonds is 4. The predicted octanol–water partition coefficient (Wildman–Crippen LogP) is 2.17. The van der Waals surface area contributed by atoms with Crippen molar-refractivity contribution >= 4 is 17.7 Å². The third kappa shape index (κ3) is 3.33. The highest BCUT2D eigenvalue weighted by atomic mass is 32.2. The number of nitrogens with two attached hydrogens (primary N) is 1. The number of primary amides is 1. The normalized spacial score (nSPS) is 18.4. The fourth-order valence-electron chi connectivity index (χ4n) is 2.60. The molecular formula is C15H19N3OS. The van der Waals surface area contributed by atoms with Gasteiger partial charge in [-0.15, -0.1) is 11.8 Å². The molecule has 0 saturated carbocycles. The quantitative estimate of drug-likeness (QED) is 0.862. The lowest BCUT2D eigenvalue weighted by atomic mass is 9.94. The van der Waals surface area contributed by atoms with Crippen LogP contribution in [0.15, 0.2) is 29.2 Å². The Morgan fingerprint density at radius 1 is 1.40 bits per heavy atom. The molecule has 1 amide bonds. The van der Waals surface area contributed by atoms with Gasteiger partial charge in [0.15, 0.2) is 0 Å². The highest BCUT2D eigenvalue weighted by Crippen LogP contribution is 2.27. The van der Waals surface area contributed by atoms with E-state index in [0.717, 1.165) is 31.5 Å². The fraction of sp³-hybridized carbons (Fsp3) is 0.467. The first-order valence-corrected chi connectivity index (χ1v) is 7.95. The predicted molar refractivity (Wildman–Crippen MR) is 80.1 cm³/mol. The second-order valence-corrected chi connectivity index (χ2v) is 5.90. The molecule has 1 atom stereocenters. The number of piperidine rings is 1. The summed E-state index contributed by atoms with van der Waals surface area (Å²) in [6.45, 7) is 1.49. The number of nitrogens with zero attached hydrogens (tertiary/aromatic N) is 2. The Hall–Kier alpha value is -1.51. The van der Waals surface area contributed by atoms with Gasteiger partial charge in [-0.2, -0.15) is 5.26 Å². The van der Waals surface area contributed by atoms with Crippen LogP contribution in [0, 0.1) is 17.2 Å². The van der Waals surface area contributed by atoms with Crippen molar-refractivity contribution in [3.63, 3.8) is 0 Å². The van der Waals surface area contributed by atoms with E-state index in [0.29, 0.717) is 0 Å². The molecule has 5 heteroatoms. The maximum Gasteiger partial charge on any atom is 0.220 e. The standard InChI is InChI=1S/C15H19N3OS/c1-20-13-4-2-11(3-5-13)14(10-16)18-8-6-12(7-9-18)15(17)19/h2-5,12,14H,6-9H2,1H3,(H2,17,19). The SMILES string of the molecule is CSc1ccc(C(C#N)N2CCC(C(N)=O)CC2)cc1. The molecule has 4 nitrogen and oxygen atoms in total. The van der Waals surface area contributed by atoms with Crippen LogP contribution in [0.1, 0.15) is 24.4 Å². The van der Waals surface area contributed by atoms with E-state index >= 15 is 0 Å². The van der Waals surface area contributed by atoms with Crippen LogP contribution in [-0.2, 0) is 4.79 Å². The molecular weight excluding hydrogens is 270 g/mol. The number of hydrogen-bond acceptors (Lipinski definition) is 4. The summed E-state index contributed by atoms with van der Waals surface area (Å²) < 4.78 is 0. The number of amides is 1. The third-order valence-corrected chi connectivity index (χ3v) is 4.59. The molecule has 0 bridgehead atoms. The average Bonchev–Trinajstić information content (AvgIpc) is 2.49. The largest absolute Gasteiger partial charge is 0.369 e. The van der Waals surface area contributed by atoms with Gasteiger partial charge in [0, 0.05) is 23.9 Å². The number of nitriles is 1. The monoisotopic (exact) mass is 289 g/mol. The number of thioether (sulfide) groups is 1. The first-order valence-electron chi connectivity index (χ1n) is 6.72. The first kappa shape index (κ1) is 14.9. The Bertz CT molecular complexity index is 501. The lowest BCUT2D eigenvalue weighted by Crippen LogP contribution is -2.40. The number of carbonyl (C=O) groups is 1. The van der Waals surface area contributed by atoms with Gasteiger partial charge in [-0.3, -0.25) is 9.69 Å². The maximum absolute atomic E-state index is 11.2. The summed E-state index contributed by atoms with van der Waals surface area (Å²) in [6, 6.07) is 10.2. The van der Waals surface area contributed by atoms with E-state index in [-0.39, 0.29) is 17.9 Å². The summed E-state index contributed by atoms with van der Waals surface area (Å²) in [4.78, 5) is 14.5. The van der Waals surface area contributed by atoms with Gasteiger partial charge >= 0.3 is 0 Å². The summed E-state index contributed by atoms with van der Waals surface area (Å²) in [5, 5.41) is 9.44. The van der Waals surface area contributed by atoms with Gasteiger partial charge in [-0.1, -0.05) is 12.1 Å². The average molecular weight is 289 g/mol. The lowest BCUT2D eigenvalue weighted by Gasteiger charge is -2.33. The third-order valence-electron chi connectivity index (χ3n) is 3.85. The van der Waals surface area contributed by atoms with Gasteiger partial charge in [-0.05, 0) is 36.8 Å². The van der Waals surface area contributed by atoms with Gasteiger partial charge in [-0.25, -0.2) is 0 Å². The number of carbonyl (C=O) groups excluding carboxylic acids is 1. The molecule has 0 aromatic heterocycles. The second kappa shape index (κ2) is 6.78. The van der Waals surface area contributed by atoms with Crippen molar-refractivity contribution in [2.24, 2.45) is 11.7 Å². The molecule has 1 unspecified atom stereocenters. The molecule has 0 aliphatic carbocycles. The van der Waals surface area contributed by atoms with Crippen molar-refractivity contribution < 1.29 is 4.79 Å². The van der Waals surface area contributed by atoms with E-state index in [1.54, 1.807) is 11.8 Å². The van der Waals surface area contributed by atoms with E-state index in [2.05, 4.69) is 11.0 Å². The van der Waals surface area contributed by atoms with Crippen molar-refractivity contribution in [3.8, 4) is 6.07 Å². The van der Waals surface area contributed by atoms with Crippen LogP contribution in [0.4, 0.5) is 0 Å². The van der Waals surface area contributed by atoms with Crippen molar-refractivity contribution in [2.75, 3.05) is 19.3 Å². The molecule has 2 N–H and O–H groups in total. The van der Waals surface area contributed by atoms with Crippen LogP contribution in [0.3, 0.4) is 0 Å². The van der Waals surface area contributed by atoms with Crippen molar-refractivity contribution in [1.29, 1.82) is 5.26 Å². The Kier molecular flexibility index (Phi) is 5.05. The summed E-state index contributed by atoms with van der Waals surface area (Å²) >= 11 is 1.69. The zero-order valence-corrected chi connectivity index (χ0v) is 12.4. The van der Waals surface area contributed by atoms with Crippen LogP contribution >= 0.6 is 11.8 Å². The molecule has 2 rings (SSSR count). The Morgan fingerprint density at radius 2 is 2.00 bits per heavy atom. The van der Waals surface area contributed by atoms with Gasteiger partial charge in [0.05, 0.1) is 6.07 Å². The van der Waals surface area contributed by atoms with Crippen LogP contribution in [0.25, 0.3) is 0 Å². The minimum atomic E-state index is -0.236. The topological polar surface area (TPSA) is 70.1 Å².